The van der Waals surface area contributed by atoms with Crippen LogP contribution in [-0.2, 0) is 0 Å². The zero-order chi connectivity index (χ0) is 16.8. The summed E-state index contributed by atoms with van der Waals surface area (Å²) in [7, 11) is 0. The second-order valence-electron chi connectivity index (χ2n) is 5.29. The molecule has 0 aliphatic heterocycles. The second-order valence-corrected chi connectivity index (χ2v) is 5.29. The van der Waals surface area contributed by atoms with Crippen molar-refractivity contribution in [2.45, 2.75) is 6.42 Å². The van der Waals surface area contributed by atoms with Crippen LogP contribution in [0.2, 0.25) is 0 Å². The Morgan fingerprint density at radius 3 is 2.50 bits per heavy atom. The number of rotatable bonds is 6. The van der Waals surface area contributed by atoms with Gasteiger partial charge in [-0.25, -0.2) is 4.79 Å². The Bertz CT molecular complexity index is 853. The summed E-state index contributed by atoms with van der Waals surface area (Å²) < 4.78 is 11.3. The molecule has 0 amide bonds. The Hall–Kier alpha value is -3.07. The van der Waals surface area contributed by atoms with Crippen molar-refractivity contribution in [1.82, 2.24) is 0 Å². The van der Waals surface area contributed by atoms with Crippen molar-refractivity contribution < 1.29 is 14.3 Å². The molecule has 0 spiro atoms. The van der Waals surface area contributed by atoms with E-state index in [1.54, 1.807) is 24.3 Å². The highest BCUT2D eigenvalue weighted by Gasteiger charge is 2.17. The van der Waals surface area contributed by atoms with Crippen LogP contribution < -0.4 is 9.47 Å². The Balaban J connectivity index is 1.97. The van der Waals surface area contributed by atoms with E-state index in [0.29, 0.717) is 30.1 Å². The summed E-state index contributed by atoms with van der Waals surface area (Å²) in [5, 5.41) is 1.91. The van der Waals surface area contributed by atoms with E-state index < -0.39 is 5.97 Å². The second kappa shape index (κ2) is 7.47. The molecule has 0 saturated heterocycles. The first-order chi connectivity index (χ1) is 11.8. The Morgan fingerprint density at radius 1 is 0.958 bits per heavy atom. The quantitative estimate of drug-likeness (QED) is 0.277. The molecule has 3 aromatic carbocycles. The van der Waals surface area contributed by atoms with Gasteiger partial charge in [-0.15, -0.1) is 6.58 Å². The molecule has 24 heavy (non-hydrogen) atoms. The first-order valence-electron chi connectivity index (χ1n) is 7.82. The van der Waals surface area contributed by atoms with Crippen molar-refractivity contribution in [2.75, 3.05) is 6.61 Å². The van der Waals surface area contributed by atoms with Gasteiger partial charge in [0.25, 0.3) is 0 Å². The van der Waals surface area contributed by atoms with Crippen LogP contribution in [0.25, 0.3) is 10.8 Å². The molecule has 0 N–H and O–H groups in total. The molecule has 3 aromatic rings. The standard InChI is InChI=1S/C21H18O3/c1-2-3-15-23-20-18-12-8-7-9-16(18)13-14-19(20)21(22)24-17-10-5-4-6-11-17/h2,4-14H,1,3,15H2. The molecular weight excluding hydrogens is 300 g/mol. The van der Waals surface area contributed by atoms with Crippen LogP contribution in [0, 0.1) is 0 Å². The molecule has 0 fully saturated rings. The fourth-order valence-corrected chi connectivity index (χ4v) is 2.45. The highest BCUT2D eigenvalue weighted by Crippen LogP contribution is 2.31. The van der Waals surface area contributed by atoms with Gasteiger partial charge in [0.05, 0.1) is 6.61 Å². The van der Waals surface area contributed by atoms with E-state index in [4.69, 9.17) is 9.47 Å². The highest BCUT2D eigenvalue weighted by molar-refractivity contribution is 6.02. The molecule has 0 heterocycles. The molecule has 0 aliphatic carbocycles. The smallest absolute Gasteiger partial charge is 0.347 e. The Labute approximate surface area is 141 Å². The van der Waals surface area contributed by atoms with Gasteiger partial charge in [0, 0.05) is 5.39 Å². The van der Waals surface area contributed by atoms with E-state index in [0.717, 1.165) is 10.8 Å². The van der Waals surface area contributed by atoms with Crippen LogP contribution in [0.1, 0.15) is 16.8 Å². The number of hydrogen-bond acceptors (Lipinski definition) is 3. The van der Waals surface area contributed by atoms with Crippen LogP contribution in [-0.4, -0.2) is 12.6 Å². The summed E-state index contributed by atoms with van der Waals surface area (Å²) in [6.45, 7) is 4.16. The molecule has 0 radical (unpaired) electrons. The molecule has 0 atom stereocenters. The van der Waals surface area contributed by atoms with Crippen LogP contribution in [0.3, 0.4) is 0 Å². The van der Waals surface area contributed by atoms with Crippen LogP contribution in [0.4, 0.5) is 0 Å². The number of ether oxygens (including phenoxy) is 2. The monoisotopic (exact) mass is 318 g/mol. The maximum absolute atomic E-state index is 12.6. The first-order valence-corrected chi connectivity index (χ1v) is 7.82. The van der Waals surface area contributed by atoms with E-state index >= 15 is 0 Å². The van der Waals surface area contributed by atoms with Gasteiger partial charge >= 0.3 is 5.97 Å². The molecule has 0 aromatic heterocycles. The van der Waals surface area contributed by atoms with Gasteiger partial charge in [-0.2, -0.15) is 0 Å². The normalized spacial score (nSPS) is 10.3. The Morgan fingerprint density at radius 2 is 1.71 bits per heavy atom. The number of hydrogen-bond donors (Lipinski definition) is 0. The molecule has 0 unspecified atom stereocenters. The summed E-state index contributed by atoms with van der Waals surface area (Å²) in [5.74, 6) is 0.629. The van der Waals surface area contributed by atoms with Gasteiger partial charge < -0.3 is 9.47 Å². The minimum absolute atomic E-state index is 0.418. The Kier molecular flexibility index (Phi) is 4.92. The van der Waals surface area contributed by atoms with Crippen molar-refractivity contribution in [2.24, 2.45) is 0 Å². The fraction of sp³-hybridized carbons (Fsp3) is 0.0952. The molecule has 0 aliphatic rings. The predicted octanol–water partition coefficient (Wildman–Crippen LogP) is 5.01. The molecule has 0 bridgehead atoms. The van der Waals surface area contributed by atoms with Gasteiger partial charge in [0.2, 0.25) is 0 Å². The van der Waals surface area contributed by atoms with Gasteiger partial charge in [0.1, 0.15) is 17.1 Å². The lowest BCUT2D eigenvalue weighted by Crippen LogP contribution is -2.11. The topological polar surface area (TPSA) is 35.5 Å². The molecule has 3 nitrogen and oxygen atoms in total. The summed E-state index contributed by atoms with van der Waals surface area (Å²) in [4.78, 5) is 12.6. The number of carbonyl (C=O) groups excluding carboxylic acids is 1. The molecule has 0 saturated carbocycles. The van der Waals surface area contributed by atoms with E-state index in [-0.39, 0.29) is 0 Å². The van der Waals surface area contributed by atoms with E-state index in [2.05, 4.69) is 6.58 Å². The minimum Gasteiger partial charge on any atom is -0.492 e. The average Bonchev–Trinajstić information content (AvgIpc) is 2.62. The lowest BCUT2D eigenvalue weighted by Gasteiger charge is -2.13. The SMILES string of the molecule is C=CCCOc1c(C(=O)Oc2ccccc2)ccc2ccccc12. The molecular formula is C21H18O3. The van der Waals surface area contributed by atoms with Crippen LogP contribution >= 0.6 is 0 Å². The maximum Gasteiger partial charge on any atom is 0.347 e. The third-order valence-electron chi connectivity index (χ3n) is 3.62. The lowest BCUT2D eigenvalue weighted by molar-refractivity contribution is 0.0730. The number of fused-ring (bicyclic) bond motifs is 1. The van der Waals surface area contributed by atoms with Gasteiger partial charge in [-0.3, -0.25) is 0 Å². The first kappa shape index (κ1) is 15.8. The van der Waals surface area contributed by atoms with E-state index in [1.807, 2.05) is 48.5 Å². The third-order valence-corrected chi connectivity index (χ3v) is 3.62. The maximum atomic E-state index is 12.6. The van der Waals surface area contributed by atoms with Crippen molar-refractivity contribution >= 4 is 16.7 Å². The highest BCUT2D eigenvalue weighted by atomic mass is 16.5. The molecule has 3 heteroatoms. The molecule has 120 valence electrons. The van der Waals surface area contributed by atoms with Crippen LogP contribution in [0.5, 0.6) is 11.5 Å². The molecule has 3 rings (SSSR count). The largest absolute Gasteiger partial charge is 0.492 e. The van der Waals surface area contributed by atoms with Crippen molar-refractivity contribution in [3.05, 3.63) is 84.9 Å². The predicted molar refractivity (Wildman–Crippen MR) is 95.7 cm³/mol. The summed E-state index contributed by atoms with van der Waals surface area (Å²) in [6.07, 6.45) is 2.49. The van der Waals surface area contributed by atoms with E-state index in [1.165, 1.54) is 0 Å². The number of benzene rings is 3. The average molecular weight is 318 g/mol. The minimum atomic E-state index is -0.430. The summed E-state index contributed by atoms with van der Waals surface area (Å²) >= 11 is 0. The number of para-hydroxylation sites is 1. The fourth-order valence-electron chi connectivity index (χ4n) is 2.45. The zero-order valence-electron chi connectivity index (χ0n) is 13.3. The number of esters is 1. The van der Waals surface area contributed by atoms with Crippen molar-refractivity contribution in [3.8, 4) is 11.5 Å². The summed E-state index contributed by atoms with van der Waals surface area (Å²) in [5.41, 5.74) is 0.418. The van der Waals surface area contributed by atoms with Crippen LogP contribution in [0.15, 0.2) is 79.4 Å². The number of carbonyl (C=O) groups is 1. The third kappa shape index (κ3) is 3.46. The van der Waals surface area contributed by atoms with Crippen molar-refractivity contribution in [1.29, 1.82) is 0 Å². The van der Waals surface area contributed by atoms with E-state index in [9.17, 15) is 4.79 Å². The van der Waals surface area contributed by atoms with Crippen molar-refractivity contribution in [3.63, 3.8) is 0 Å². The van der Waals surface area contributed by atoms with Gasteiger partial charge in [-0.1, -0.05) is 54.6 Å². The lowest BCUT2D eigenvalue weighted by atomic mass is 10.1. The van der Waals surface area contributed by atoms with Gasteiger partial charge in [0.15, 0.2) is 0 Å². The van der Waals surface area contributed by atoms with Gasteiger partial charge in [-0.05, 0) is 30.0 Å². The summed E-state index contributed by atoms with van der Waals surface area (Å²) in [6, 6.07) is 20.5. The zero-order valence-corrected chi connectivity index (χ0v) is 13.3.